The standard InChI is InChI=1S/C18H22FN3O2/c1-3-7-14-16(18(23)24-4-2)15(12(10-20)17(21)22-14)11-8-5-6-9-13(11)19/h5-6,8-10,15H,3-4,7,20H2,1-2H3,(H2,21,22)/b12-10-. The van der Waals surface area contributed by atoms with Gasteiger partial charge in [-0.25, -0.2) is 14.2 Å². The van der Waals surface area contributed by atoms with Crippen molar-refractivity contribution in [2.75, 3.05) is 6.61 Å². The van der Waals surface area contributed by atoms with Gasteiger partial charge < -0.3 is 16.2 Å². The van der Waals surface area contributed by atoms with E-state index in [-0.39, 0.29) is 12.4 Å². The molecule has 1 aromatic carbocycles. The molecule has 1 unspecified atom stereocenters. The van der Waals surface area contributed by atoms with E-state index < -0.39 is 17.7 Å². The van der Waals surface area contributed by atoms with Gasteiger partial charge in [-0.1, -0.05) is 31.5 Å². The molecule has 1 aromatic rings. The summed E-state index contributed by atoms with van der Waals surface area (Å²) in [6.45, 7) is 3.90. The van der Waals surface area contributed by atoms with E-state index in [1.54, 1.807) is 25.1 Å². The summed E-state index contributed by atoms with van der Waals surface area (Å²) in [6, 6.07) is 6.25. The molecule has 0 fully saturated rings. The number of hydrogen-bond acceptors (Lipinski definition) is 5. The Hall–Kier alpha value is -2.63. The molecule has 1 atom stereocenters. The highest BCUT2D eigenvalue weighted by Crippen LogP contribution is 2.40. The van der Waals surface area contributed by atoms with Gasteiger partial charge in [0, 0.05) is 17.3 Å². The summed E-state index contributed by atoms with van der Waals surface area (Å²) in [6.07, 6.45) is 2.58. The summed E-state index contributed by atoms with van der Waals surface area (Å²) in [4.78, 5) is 16.9. The number of carbonyl (C=O) groups is 1. The van der Waals surface area contributed by atoms with Gasteiger partial charge in [-0.3, -0.25) is 0 Å². The van der Waals surface area contributed by atoms with Crippen molar-refractivity contribution >= 4 is 11.8 Å². The van der Waals surface area contributed by atoms with Crippen molar-refractivity contribution in [2.45, 2.75) is 32.6 Å². The van der Waals surface area contributed by atoms with Crippen LogP contribution in [-0.2, 0) is 9.53 Å². The van der Waals surface area contributed by atoms with Crippen LogP contribution in [-0.4, -0.2) is 18.4 Å². The van der Waals surface area contributed by atoms with Crippen LogP contribution in [0.1, 0.15) is 38.2 Å². The summed E-state index contributed by atoms with van der Waals surface area (Å²) in [7, 11) is 0. The summed E-state index contributed by atoms with van der Waals surface area (Å²) >= 11 is 0. The summed E-state index contributed by atoms with van der Waals surface area (Å²) < 4.78 is 19.6. The Morgan fingerprint density at radius 1 is 1.38 bits per heavy atom. The molecule has 5 nitrogen and oxygen atoms in total. The molecule has 0 radical (unpaired) electrons. The van der Waals surface area contributed by atoms with Crippen molar-refractivity contribution in [3.05, 3.63) is 58.7 Å². The first kappa shape index (κ1) is 17.7. The van der Waals surface area contributed by atoms with E-state index in [9.17, 15) is 9.18 Å². The minimum Gasteiger partial charge on any atom is -0.463 e. The van der Waals surface area contributed by atoms with Gasteiger partial charge >= 0.3 is 5.97 Å². The van der Waals surface area contributed by atoms with E-state index in [0.717, 1.165) is 6.42 Å². The van der Waals surface area contributed by atoms with E-state index in [2.05, 4.69) is 4.99 Å². The number of halogens is 1. The molecular weight excluding hydrogens is 309 g/mol. The Kier molecular flexibility index (Phi) is 5.73. The summed E-state index contributed by atoms with van der Waals surface area (Å²) in [5.41, 5.74) is 13.3. The zero-order chi connectivity index (χ0) is 17.7. The first-order valence-corrected chi connectivity index (χ1v) is 7.95. The number of hydrogen-bond donors (Lipinski definition) is 2. The van der Waals surface area contributed by atoms with Gasteiger partial charge in [0.15, 0.2) is 0 Å². The Labute approximate surface area is 140 Å². The van der Waals surface area contributed by atoms with Gasteiger partial charge in [-0.05, 0) is 19.4 Å². The topological polar surface area (TPSA) is 90.7 Å². The van der Waals surface area contributed by atoms with E-state index in [1.165, 1.54) is 12.3 Å². The molecule has 24 heavy (non-hydrogen) atoms. The highest BCUT2D eigenvalue weighted by atomic mass is 19.1. The van der Waals surface area contributed by atoms with Crippen molar-refractivity contribution < 1.29 is 13.9 Å². The molecule has 128 valence electrons. The predicted octanol–water partition coefficient (Wildman–Crippen LogP) is 2.74. The van der Waals surface area contributed by atoms with Gasteiger partial charge in [0.25, 0.3) is 0 Å². The number of amidine groups is 1. The van der Waals surface area contributed by atoms with Crippen LogP contribution in [0, 0.1) is 5.82 Å². The zero-order valence-electron chi connectivity index (χ0n) is 13.9. The van der Waals surface area contributed by atoms with E-state index in [1.807, 2.05) is 6.92 Å². The lowest BCUT2D eigenvalue weighted by Gasteiger charge is -2.28. The van der Waals surface area contributed by atoms with Crippen LogP contribution in [0.4, 0.5) is 4.39 Å². The van der Waals surface area contributed by atoms with Gasteiger partial charge in [0.1, 0.15) is 11.7 Å². The van der Waals surface area contributed by atoms with Crippen molar-refractivity contribution in [1.82, 2.24) is 0 Å². The molecule has 0 aromatic heterocycles. The number of allylic oxidation sites excluding steroid dienone is 1. The summed E-state index contributed by atoms with van der Waals surface area (Å²) in [5.74, 6) is -1.49. The minimum absolute atomic E-state index is 0.197. The fourth-order valence-electron chi connectivity index (χ4n) is 2.83. The maximum absolute atomic E-state index is 14.4. The van der Waals surface area contributed by atoms with Gasteiger partial charge in [-0.2, -0.15) is 0 Å². The molecule has 0 aliphatic carbocycles. The quantitative estimate of drug-likeness (QED) is 0.812. The van der Waals surface area contributed by atoms with Crippen LogP contribution in [0.3, 0.4) is 0 Å². The second-order valence-electron chi connectivity index (χ2n) is 5.40. The molecule has 0 bridgehead atoms. The lowest BCUT2D eigenvalue weighted by Crippen LogP contribution is -2.30. The number of esters is 1. The molecule has 1 heterocycles. The number of ether oxygens (including phenoxy) is 1. The monoisotopic (exact) mass is 331 g/mol. The fourth-order valence-corrected chi connectivity index (χ4v) is 2.83. The predicted molar refractivity (Wildman–Crippen MR) is 91.6 cm³/mol. The van der Waals surface area contributed by atoms with E-state index >= 15 is 0 Å². The van der Waals surface area contributed by atoms with Gasteiger partial charge in [0.2, 0.25) is 0 Å². The number of benzene rings is 1. The zero-order valence-corrected chi connectivity index (χ0v) is 13.9. The van der Waals surface area contributed by atoms with Gasteiger partial charge in [-0.15, -0.1) is 0 Å². The Morgan fingerprint density at radius 2 is 2.08 bits per heavy atom. The molecule has 2 rings (SSSR count). The largest absolute Gasteiger partial charge is 0.463 e. The van der Waals surface area contributed by atoms with Crippen LogP contribution in [0.25, 0.3) is 0 Å². The fraction of sp³-hybridized carbons (Fsp3) is 0.333. The Balaban J connectivity index is 2.71. The number of nitrogens with zero attached hydrogens (tertiary/aromatic N) is 1. The van der Waals surface area contributed by atoms with Crippen LogP contribution >= 0.6 is 0 Å². The molecule has 0 spiro atoms. The van der Waals surface area contributed by atoms with Crippen LogP contribution in [0.5, 0.6) is 0 Å². The Morgan fingerprint density at radius 3 is 2.67 bits per heavy atom. The van der Waals surface area contributed by atoms with E-state index in [0.29, 0.717) is 28.8 Å². The third kappa shape index (κ3) is 3.32. The first-order valence-electron chi connectivity index (χ1n) is 7.95. The molecule has 6 heteroatoms. The lowest BCUT2D eigenvalue weighted by molar-refractivity contribution is -0.138. The number of nitrogens with two attached hydrogens (primary N) is 2. The van der Waals surface area contributed by atoms with Crippen LogP contribution < -0.4 is 11.5 Å². The highest BCUT2D eigenvalue weighted by molar-refractivity contribution is 6.05. The number of carbonyl (C=O) groups excluding carboxylic acids is 1. The average molecular weight is 331 g/mol. The van der Waals surface area contributed by atoms with Crippen LogP contribution in [0.15, 0.2) is 52.3 Å². The Bertz CT molecular complexity index is 723. The summed E-state index contributed by atoms with van der Waals surface area (Å²) in [5, 5.41) is 0. The van der Waals surface area contributed by atoms with E-state index in [4.69, 9.17) is 16.2 Å². The maximum atomic E-state index is 14.4. The average Bonchev–Trinajstić information content (AvgIpc) is 2.55. The lowest BCUT2D eigenvalue weighted by atomic mass is 9.80. The smallest absolute Gasteiger partial charge is 0.336 e. The third-order valence-electron chi connectivity index (χ3n) is 3.84. The van der Waals surface area contributed by atoms with Crippen molar-refractivity contribution in [2.24, 2.45) is 16.5 Å². The number of aliphatic imine (C=N–C) groups is 1. The normalized spacial score (nSPS) is 19.4. The second kappa shape index (κ2) is 7.77. The molecule has 1 aliphatic heterocycles. The second-order valence-corrected chi connectivity index (χ2v) is 5.40. The highest BCUT2D eigenvalue weighted by Gasteiger charge is 2.36. The molecule has 1 aliphatic rings. The SMILES string of the molecule is CCCC1=C(C(=O)OCC)C(c2ccccc2F)/C(=C/N)C(N)=N1. The molecule has 0 saturated carbocycles. The van der Waals surface area contributed by atoms with Crippen LogP contribution in [0.2, 0.25) is 0 Å². The van der Waals surface area contributed by atoms with Crippen molar-refractivity contribution in [1.29, 1.82) is 0 Å². The molecule has 4 N–H and O–H groups in total. The maximum Gasteiger partial charge on any atom is 0.336 e. The van der Waals surface area contributed by atoms with Gasteiger partial charge in [0.05, 0.1) is 23.8 Å². The first-order chi connectivity index (χ1) is 11.5. The van der Waals surface area contributed by atoms with Crippen molar-refractivity contribution in [3.63, 3.8) is 0 Å². The van der Waals surface area contributed by atoms with Crippen molar-refractivity contribution in [3.8, 4) is 0 Å². The molecule has 0 saturated heterocycles. The molecular formula is C18H22FN3O2. The number of rotatable bonds is 5. The molecule has 0 amide bonds. The third-order valence-corrected chi connectivity index (χ3v) is 3.84. The minimum atomic E-state index is -0.728.